The van der Waals surface area contributed by atoms with Crippen molar-refractivity contribution in [3.05, 3.63) is 47.7 Å². The Morgan fingerprint density at radius 3 is 2.58 bits per heavy atom. The zero-order valence-electron chi connectivity index (χ0n) is 9.62. The molecule has 0 fully saturated rings. The monoisotopic (exact) mass is 273 g/mol. The van der Waals surface area contributed by atoms with Crippen LogP contribution in [0.1, 0.15) is 0 Å². The van der Waals surface area contributed by atoms with E-state index in [2.05, 4.69) is 9.97 Å². The van der Waals surface area contributed by atoms with Crippen molar-refractivity contribution in [2.24, 2.45) is 0 Å². The molecule has 0 atom stereocenters. The van der Waals surface area contributed by atoms with Gasteiger partial charge in [-0.25, -0.2) is 19.3 Å². The second kappa shape index (κ2) is 4.37. The van der Waals surface area contributed by atoms with E-state index in [1.165, 1.54) is 6.20 Å². The number of nitrogens with zero attached hydrogens (tertiary/aromatic N) is 3. The molecule has 3 aromatic rings. The summed E-state index contributed by atoms with van der Waals surface area (Å²) in [6, 6.07) is 10.8. The summed E-state index contributed by atoms with van der Waals surface area (Å²) in [6.45, 7) is 0. The maximum Gasteiger partial charge on any atom is 0.417 e. The molecule has 0 aliphatic heterocycles. The Labute approximate surface area is 113 Å². The highest BCUT2D eigenvalue weighted by Gasteiger charge is 2.14. The summed E-state index contributed by atoms with van der Waals surface area (Å²) >= 11 is 6.07. The minimum absolute atomic E-state index is 0.240. The lowest BCUT2D eigenvalue weighted by Gasteiger charge is -2.03. The smallest absolute Gasteiger partial charge is 0.417 e. The van der Waals surface area contributed by atoms with Crippen molar-refractivity contribution in [3.8, 4) is 11.4 Å². The van der Waals surface area contributed by atoms with Gasteiger partial charge in [0, 0.05) is 11.8 Å². The van der Waals surface area contributed by atoms with E-state index >= 15 is 0 Å². The molecule has 5 nitrogen and oxygen atoms in total. The first kappa shape index (κ1) is 11.7. The summed E-state index contributed by atoms with van der Waals surface area (Å²) < 4.78 is 1.02. The quantitative estimate of drug-likeness (QED) is 0.691. The van der Waals surface area contributed by atoms with E-state index in [1.54, 1.807) is 6.07 Å². The molecule has 0 amide bonds. The fraction of sp³-hybridized carbons (Fsp3) is 0. The third kappa shape index (κ3) is 1.94. The highest BCUT2D eigenvalue weighted by atomic mass is 35.5. The summed E-state index contributed by atoms with van der Waals surface area (Å²) in [5.74, 6) is 0.402. The number of benzene rings is 1. The first-order valence-electron chi connectivity index (χ1n) is 5.50. The van der Waals surface area contributed by atoms with Crippen LogP contribution in [0.15, 0.2) is 42.6 Å². The minimum Gasteiger partial charge on any atom is -0.464 e. The molecular formula is C13H8ClN3O2. The number of carbonyl (C=O) groups is 1. The average Bonchev–Trinajstić information content (AvgIpc) is 2.84. The normalized spacial score (nSPS) is 10.8. The highest BCUT2D eigenvalue weighted by molar-refractivity contribution is 6.34. The lowest BCUT2D eigenvalue weighted by atomic mass is 10.2. The second-order valence-electron chi connectivity index (χ2n) is 3.91. The van der Waals surface area contributed by atoms with Crippen LogP contribution in [0.4, 0.5) is 4.79 Å². The minimum atomic E-state index is -1.11. The van der Waals surface area contributed by atoms with Crippen LogP contribution in [-0.2, 0) is 0 Å². The Hall–Kier alpha value is -2.40. The predicted molar refractivity (Wildman–Crippen MR) is 71.4 cm³/mol. The van der Waals surface area contributed by atoms with Crippen molar-refractivity contribution in [2.45, 2.75) is 0 Å². The molecule has 0 aliphatic rings. The van der Waals surface area contributed by atoms with Gasteiger partial charge in [0.1, 0.15) is 5.15 Å². The van der Waals surface area contributed by atoms with Crippen LogP contribution in [0.25, 0.3) is 22.4 Å². The van der Waals surface area contributed by atoms with Crippen molar-refractivity contribution in [3.63, 3.8) is 0 Å². The molecule has 2 heterocycles. The summed E-state index contributed by atoms with van der Waals surface area (Å²) in [5, 5.41) is 9.84. The Morgan fingerprint density at radius 1 is 1.16 bits per heavy atom. The van der Waals surface area contributed by atoms with Gasteiger partial charge < -0.3 is 5.11 Å². The molecule has 2 aromatic heterocycles. The van der Waals surface area contributed by atoms with Gasteiger partial charge >= 0.3 is 6.09 Å². The van der Waals surface area contributed by atoms with Crippen LogP contribution in [0.2, 0.25) is 5.15 Å². The van der Waals surface area contributed by atoms with Gasteiger partial charge in [-0.15, -0.1) is 0 Å². The van der Waals surface area contributed by atoms with Crippen LogP contribution in [-0.4, -0.2) is 25.7 Å². The summed E-state index contributed by atoms with van der Waals surface area (Å²) in [4.78, 5) is 19.6. The number of hydrogen-bond donors (Lipinski definition) is 1. The molecule has 0 aliphatic carbocycles. The Bertz CT molecular complexity index is 768. The van der Waals surface area contributed by atoms with E-state index in [4.69, 9.17) is 16.7 Å². The zero-order chi connectivity index (χ0) is 13.4. The van der Waals surface area contributed by atoms with Crippen LogP contribution in [0, 0.1) is 0 Å². The number of carboxylic acid groups (broad SMARTS) is 1. The third-order valence-electron chi connectivity index (χ3n) is 2.74. The highest BCUT2D eigenvalue weighted by Crippen LogP contribution is 2.25. The van der Waals surface area contributed by atoms with Gasteiger partial charge in [0.2, 0.25) is 0 Å². The van der Waals surface area contributed by atoms with Gasteiger partial charge in [0.05, 0.1) is 5.39 Å². The molecule has 19 heavy (non-hydrogen) atoms. The number of fused-ring (bicyclic) bond motifs is 1. The van der Waals surface area contributed by atoms with Gasteiger partial charge in [-0.2, -0.15) is 0 Å². The first-order valence-corrected chi connectivity index (χ1v) is 5.88. The maximum atomic E-state index is 11.1. The topological polar surface area (TPSA) is 68.0 Å². The van der Waals surface area contributed by atoms with Crippen LogP contribution < -0.4 is 0 Å². The van der Waals surface area contributed by atoms with Crippen LogP contribution in [0.3, 0.4) is 0 Å². The predicted octanol–water partition coefficient (Wildman–Crippen LogP) is 3.28. The SMILES string of the molecule is O=C(O)n1ccc2c(Cl)nc(-c3ccccc3)nc21. The first-order chi connectivity index (χ1) is 9.16. The zero-order valence-corrected chi connectivity index (χ0v) is 10.4. The fourth-order valence-corrected chi connectivity index (χ4v) is 2.08. The molecule has 3 rings (SSSR count). The average molecular weight is 274 g/mol. The van der Waals surface area contributed by atoms with Gasteiger partial charge in [0.15, 0.2) is 11.5 Å². The molecular weight excluding hydrogens is 266 g/mol. The Balaban J connectivity index is 2.28. The molecule has 0 spiro atoms. The number of aromatic nitrogens is 3. The van der Waals surface area contributed by atoms with E-state index < -0.39 is 6.09 Å². The van der Waals surface area contributed by atoms with E-state index in [0.29, 0.717) is 11.2 Å². The second-order valence-corrected chi connectivity index (χ2v) is 4.27. The van der Waals surface area contributed by atoms with Crippen LogP contribution >= 0.6 is 11.6 Å². The lowest BCUT2D eigenvalue weighted by molar-refractivity contribution is 0.197. The van der Waals surface area contributed by atoms with E-state index in [0.717, 1.165) is 10.1 Å². The number of rotatable bonds is 1. The van der Waals surface area contributed by atoms with E-state index in [9.17, 15) is 4.79 Å². The molecule has 0 bridgehead atoms. The van der Waals surface area contributed by atoms with Gasteiger partial charge in [-0.1, -0.05) is 41.9 Å². The lowest BCUT2D eigenvalue weighted by Crippen LogP contribution is -2.07. The van der Waals surface area contributed by atoms with Crippen molar-refractivity contribution in [1.29, 1.82) is 0 Å². The summed E-state index contributed by atoms with van der Waals surface area (Å²) in [7, 11) is 0. The fourth-order valence-electron chi connectivity index (χ4n) is 1.85. The van der Waals surface area contributed by atoms with Crippen molar-refractivity contribution in [1.82, 2.24) is 14.5 Å². The summed E-state index contributed by atoms with van der Waals surface area (Å²) in [5.41, 5.74) is 1.07. The Morgan fingerprint density at radius 2 is 1.89 bits per heavy atom. The molecule has 1 N–H and O–H groups in total. The standard InChI is InChI=1S/C13H8ClN3O2/c14-10-9-6-7-17(13(18)19)12(9)16-11(15-10)8-4-2-1-3-5-8/h1-7H,(H,18,19). The van der Waals surface area contributed by atoms with E-state index in [1.807, 2.05) is 30.3 Å². The van der Waals surface area contributed by atoms with Crippen molar-refractivity contribution >= 4 is 28.7 Å². The molecule has 0 saturated heterocycles. The number of halogens is 1. The summed E-state index contributed by atoms with van der Waals surface area (Å²) in [6.07, 6.45) is 0.297. The van der Waals surface area contributed by atoms with Gasteiger partial charge in [-0.3, -0.25) is 0 Å². The van der Waals surface area contributed by atoms with Gasteiger partial charge in [0.25, 0.3) is 0 Å². The molecule has 0 radical (unpaired) electrons. The molecule has 94 valence electrons. The van der Waals surface area contributed by atoms with Gasteiger partial charge in [-0.05, 0) is 6.07 Å². The molecule has 6 heteroatoms. The van der Waals surface area contributed by atoms with Crippen molar-refractivity contribution < 1.29 is 9.90 Å². The molecule has 1 aromatic carbocycles. The van der Waals surface area contributed by atoms with Crippen LogP contribution in [0.5, 0.6) is 0 Å². The largest absolute Gasteiger partial charge is 0.464 e. The third-order valence-corrected chi connectivity index (χ3v) is 3.02. The van der Waals surface area contributed by atoms with Crippen molar-refractivity contribution in [2.75, 3.05) is 0 Å². The Kier molecular flexibility index (Phi) is 2.68. The molecule has 0 unspecified atom stereocenters. The van der Waals surface area contributed by atoms with E-state index in [-0.39, 0.29) is 10.8 Å². The number of hydrogen-bond acceptors (Lipinski definition) is 3. The maximum absolute atomic E-state index is 11.1. The molecule has 0 saturated carbocycles.